The molecule has 1 fully saturated rings. The van der Waals surface area contributed by atoms with Gasteiger partial charge in [0, 0.05) is 53.2 Å². The van der Waals surface area contributed by atoms with Crippen LogP contribution in [0.4, 0.5) is 0 Å². The van der Waals surface area contributed by atoms with Crippen LogP contribution in [0, 0.1) is 0 Å². The molecule has 1 aliphatic rings. The molecule has 154 valence electrons. The van der Waals surface area contributed by atoms with Gasteiger partial charge in [-0.3, -0.25) is 9.59 Å². The minimum atomic E-state index is -0.188. The molecule has 7 heteroatoms. The monoisotopic (exact) mass is 478 g/mol. The lowest BCUT2D eigenvalue weighted by Gasteiger charge is -2.38. The smallest absolute Gasteiger partial charge is 0.251 e. The molecule has 2 N–H and O–H groups in total. The zero-order chi connectivity index (χ0) is 20.7. The average Bonchev–Trinajstić information content (AvgIpc) is 2.74. The minimum Gasteiger partial charge on any atom is -0.381 e. The van der Waals surface area contributed by atoms with Crippen LogP contribution in [0.15, 0.2) is 53.0 Å². The first-order chi connectivity index (χ1) is 14.0. The van der Waals surface area contributed by atoms with Crippen molar-refractivity contribution >= 4 is 39.3 Å². The Morgan fingerprint density at radius 2 is 1.66 bits per heavy atom. The minimum absolute atomic E-state index is 0.0825. The number of amides is 2. The maximum atomic E-state index is 12.4. The quantitative estimate of drug-likeness (QED) is 0.629. The van der Waals surface area contributed by atoms with Gasteiger partial charge in [0.25, 0.3) is 5.91 Å². The predicted octanol–water partition coefficient (Wildman–Crippen LogP) is 4.09. The number of carbonyl (C=O) groups is 2. The normalized spacial score (nSPS) is 15.5. The lowest BCUT2D eigenvalue weighted by atomic mass is 9.74. The fourth-order valence-electron chi connectivity index (χ4n) is 3.48. The van der Waals surface area contributed by atoms with Crippen molar-refractivity contribution in [3.8, 4) is 0 Å². The molecule has 2 aromatic carbocycles. The van der Waals surface area contributed by atoms with Gasteiger partial charge in [0.05, 0.1) is 0 Å². The number of nitrogens with one attached hydrogen (secondary N) is 2. The zero-order valence-electron chi connectivity index (χ0n) is 16.0. The summed E-state index contributed by atoms with van der Waals surface area (Å²) >= 11 is 9.37. The van der Waals surface area contributed by atoms with E-state index in [4.69, 9.17) is 16.3 Å². The van der Waals surface area contributed by atoms with E-state index in [2.05, 4.69) is 26.6 Å². The van der Waals surface area contributed by atoms with E-state index in [0.29, 0.717) is 30.3 Å². The van der Waals surface area contributed by atoms with Crippen molar-refractivity contribution in [2.75, 3.05) is 26.3 Å². The van der Waals surface area contributed by atoms with Gasteiger partial charge in [-0.15, -0.1) is 0 Å². The third-order valence-electron chi connectivity index (χ3n) is 5.27. The molecule has 0 atom stereocenters. The van der Waals surface area contributed by atoms with Crippen molar-refractivity contribution in [1.29, 1.82) is 0 Å². The highest BCUT2D eigenvalue weighted by Gasteiger charge is 2.34. The Kier molecular flexibility index (Phi) is 7.70. The Balaban J connectivity index is 1.50. The molecule has 0 bridgehead atoms. The van der Waals surface area contributed by atoms with Crippen LogP contribution in [-0.2, 0) is 14.9 Å². The fourth-order valence-corrected chi connectivity index (χ4v) is 3.87. The van der Waals surface area contributed by atoms with Gasteiger partial charge in [0.15, 0.2) is 0 Å². The Morgan fingerprint density at radius 1 is 1.00 bits per heavy atom. The molecule has 3 rings (SSSR count). The van der Waals surface area contributed by atoms with Crippen molar-refractivity contribution in [2.45, 2.75) is 24.7 Å². The van der Waals surface area contributed by atoms with Gasteiger partial charge in [0.2, 0.25) is 5.91 Å². The molecule has 1 saturated heterocycles. The molecule has 1 heterocycles. The van der Waals surface area contributed by atoms with E-state index < -0.39 is 0 Å². The summed E-state index contributed by atoms with van der Waals surface area (Å²) in [5.74, 6) is -0.270. The van der Waals surface area contributed by atoms with Gasteiger partial charge in [-0.25, -0.2) is 0 Å². The Hall–Kier alpha value is -1.89. The summed E-state index contributed by atoms with van der Waals surface area (Å²) < 4.78 is 6.44. The number of hydrogen-bond acceptors (Lipinski definition) is 3. The molecule has 0 spiro atoms. The van der Waals surface area contributed by atoms with E-state index in [-0.39, 0.29) is 30.2 Å². The van der Waals surface area contributed by atoms with Gasteiger partial charge in [-0.2, -0.15) is 0 Å². The van der Waals surface area contributed by atoms with Crippen LogP contribution in [0.2, 0.25) is 5.02 Å². The summed E-state index contributed by atoms with van der Waals surface area (Å²) in [5, 5.41) is 6.52. The Labute approximate surface area is 184 Å². The van der Waals surface area contributed by atoms with E-state index in [1.807, 2.05) is 36.4 Å². The largest absolute Gasteiger partial charge is 0.381 e. The van der Waals surface area contributed by atoms with E-state index in [1.54, 1.807) is 12.1 Å². The highest BCUT2D eigenvalue weighted by atomic mass is 79.9. The lowest BCUT2D eigenvalue weighted by molar-refractivity contribution is -0.121. The third-order valence-corrected chi connectivity index (χ3v) is 6.06. The summed E-state index contributed by atoms with van der Waals surface area (Å²) in [7, 11) is 0. The molecule has 0 radical (unpaired) electrons. The van der Waals surface area contributed by atoms with Gasteiger partial charge in [-0.1, -0.05) is 39.7 Å². The summed E-state index contributed by atoms with van der Waals surface area (Å²) in [5.41, 5.74) is 1.57. The first kappa shape index (κ1) is 21.8. The second-order valence-electron chi connectivity index (χ2n) is 7.19. The lowest BCUT2D eigenvalue weighted by Crippen LogP contribution is -2.45. The van der Waals surface area contributed by atoms with E-state index in [1.165, 1.54) is 0 Å². The Morgan fingerprint density at radius 3 is 2.31 bits per heavy atom. The molecular formula is C22H24BrClN2O3. The van der Waals surface area contributed by atoms with Gasteiger partial charge >= 0.3 is 0 Å². The topological polar surface area (TPSA) is 67.4 Å². The van der Waals surface area contributed by atoms with Crippen molar-refractivity contribution < 1.29 is 14.3 Å². The van der Waals surface area contributed by atoms with Crippen LogP contribution < -0.4 is 10.6 Å². The second-order valence-corrected chi connectivity index (χ2v) is 8.54. The highest BCUT2D eigenvalue weighted by Crippen LogP contribution is 2.34. The average molecular weight is 480 g/mol. The molecule has 2 amide bonds. The predicted molar refractivity (Wildman–Crippen MR) is 117 cm³/mol. The second kappa shape index (κ2) is 10.2. The first-order valence-corrected chi connectivity index (χ1v) is 10.8. The summed E-state index contributed by atoms with van der Waals surface area (Å²) in [6.45, 7) is 2.17. The molecule has 0 aromatic heterocycles. The molecule has 1 aliphatic heterocycles. The zero-order valence-corrected chi connectivity index (χ0v) is 18.4. The number of benzene rings is 2. The van der Waals surface area contributed by atoms with Crippen LogP contribution in [0.25, 0.3) is 0 Å². The number of rotatable bonds is 7. The number of carbonyl (C=O) groups excluding carboxylic acids is 2. The molecule has 0 saturated carbocycles. The fraction of sp³-hybridized carbons (Fsp3) is 0.364. The van der Waals surface area contributed by atoms with Crippen LogP contribution in [0.1, 0.15) is 35.2 Å². The van der Waals surface area contributed by atoms with Gasteiger partial charge in [-0.05, 0) is 54.8 Å². The van der Waals surface area contributed by atoms with E-state index in [0.717, 1.165) is 22.9 Å². The van der Waals surface area contributed by atoms with Crippen molar-refractivity contribution in [1.82, 2.24) is 10.6 Å². The SMILES string of the molecule is O=C(CCNC(=O)c1ccc(Br)cc1)NCC1(c2ccc(Cl)cc2)CCOCC1. The molecule has 5 nitrogen and oxygen atoms in total. The third kappa shape index (κ3) is 6.04. The maximum Gasteiger partial charge on any atom is 0.251 e. The van der Waals surface area contributed by atoms with Crippen LogP contribution in [0.5, 0.6) is 0 Å². The number of ether oxygens (including phenoxy) is 1. The van der Waals surface area contributed by atoms with Crippen LogP contribution >= 0.6 is 27.5 Å². The number of hydrogen-bond donors (Lipinski definition) is 2. The Bertz CT molecular complexity index is 834. The van der Waals surface area contributed by atoms with Gasteiger partial charge < -0.3 is 15.4 Å². The summed E-state index contributed by atoms with van der Waals surface area (Å²) in [4.78, 5) is 24.5. The van der Waals surface area contributed by atoms with Crippen LogP contribution in [0.3, 0.4) is 0 Å². The molecule has 0 unspecified atom stereocenters. The van der Waals surface area contributed by atoms with E-state index >= 15 is 0 Å². The van der Waals surface area contributed by atoms with Crippen molar-refractivity contribution in [3.63, 3.8) is 0 Å². The molecule has 29 heavy (non-hydrogen) atoms. The van der Waals surface area contributed by atoms with Crippen molar-refractivity contribution in [2.24, 2.45) is 0 Å². The first-order valence-electron chi connectivity index (χ1n) is 9.63. The summed E-state index contributed by atoms with van der Waals surface area (Å²) in [6.07, 6.45) is 1.92. The molecule has 0 aliphatic carbocycles. The van der Waals surface area contributed by atoms with Crippen molar-refractivity contribution in [3.05, 3.63) is 69.2 Å². The molecular weight excluding hydrogens is 456 g/mol. The number of halogens is 2. The van der Waals surface area contributed by atoms with Crippen LogP contribution in [-0.4, -0.2) is 38.1 Å². The van der Waals surface area contributed by atoms with Gasteiger partial charge in [0.1, 0.15) is 0 Å². The maximum absolute atomic E-state index is 12.4. The highest BCUT2D eigenvalue weighted by molar-refractivity contribution is 9.10. The standard InChI is InChI=1S/C22H24BrClN2O3/c23-18-5-1-16(2-6-18)21(28)25-12-9-20(27)26-15-22(10-13-29-14-11-22)17-3-7-19(24)8-4-17/h1-8H,9-15H2,(H,25,28)(H,26,27). The molecule has 2 aromatic rings. The summed E-state index contributed by atoms with van der Waals surface area (Å²) in [6, 6.07) is 14.9. The van der Waals surface area contributed by atoms with E-state index in [9.17, 15) is 9.59 Å².